The van der Waals surface area contributed by atoms with E-state index in [9.17, 15) is 14.4 Å². The lowest BCUT2D eigenvalue weighted by Crippen LogP contribution is -2.50. The number of H-pyrrole nitrogens is 1. The number of thioether (sulfide) groups is 1. The highest BCUT2D eigenvalue weighted by Gasteiger charge is 2.25. The summed E-state index contributed by atoms with van der Waals surface area (Å²) in [5, 5.41) is 0.902. The molecule has 1 atom stereocenters. The predicted molar refractivity (Wildman–Crippen MR) is 180 cm³/mol. The van der Waals surface area contributed by atoms with Gasteiger partial charge in [-0.2, -0.15) is 0 Å². The van der Waals surface area contributed by atoms with Crippen molar-refractivity contribution in [3.63, 3.8) is 0 Å². The third-order valence-electron chi connectivity index (χ3n) is 7.23. The van der Waals surface area contributed by atoms with Crippen LogP contribution >= 0.6 is 11.8 Å². The summed E-state index contributed by atoms with van der Waals surface area (Å²) in [4.78, 5) is 50.6. The van der Waals surface area contributed by atoms with Gasteiger partial charge in [0.25, 0.3) is 5.91 Å². The van der Waals surface area contributed by atoms with Gasteiger partial charge < -0.3 is 19.0 Å². The van der Waals surface area contributed by atoms with Gasteiger partial charge in [-0.1, -0.05) is 111 Å². The minimum absolute atomic E-state index is 0.0261. The van der Waals surface area contributed by atoms with Gasteiger partial charge in [-0.3, -0.25) is 19.8 Å². The molecule has 0 saturated carbocycles. The maximum absolute atomic E-state index is 12.9. The van der Waals surface area contributed by atoms with Crippen LogP contribution in [-0.2, 0) is 50.0 Å². The molecule has 12 heteroatoms. The Labute approximate surface area is 280 Å². The van der Waals surface area contributed by atoms with Crippen molar-refractivity contribution in [3.8, 4) is 0 Å². The van der Waals surface area contributed by atoms with Gasteiger partial charge in [-0.15, -0.1) is 0 Å². The van der Waals surface area contributed by atoms with E-state index in [0.29, 0.717) is 6.42 Å². The van der Waals surface area contributed by atoms with E-state index in [2.05, 4.69) is 32.7 Å². The molecule has 0 saturated heterocycles. The number of benzene rings is 2. The Morgan fingerprint density at radius 2 is 1.57 bits per heavy atom. The summed E-state index contributed by atoms with van der Waals surface area (Å²) in [7, 11) is 0. The van der Waals surface area contributed by atoms with Crippen LogP contribution in [0.25, 0.3) is 0 Å². The van der Waals surface area contributed by atoms with E-state index in [1.807, 2.05) is 66.9 Å². The number of aromatic amines is 1. The van der Waals surface area contributed by atoms with Crippen LogP contribution in [0.15, 0.2) is 84.5 Å². The minimum atomic E-state index is -1.15. The van der Waals surface area contributed by atoms with Crippen LogP contribution in [0.3, 0.4) is 0 Å². The number of hydrogen-bond donors (Lipinski definition) is 3. The summed E-state index contributed by atoms with van der Waals surface area (Å²) in [6.45, 7) is 2.27. The van der Waals surface area contributed by atoms with Gasteiger partial charge in [0.15, 0.2) is 5.16 Å². The molecule has 250 valence electrons. The van der Waals surface area contributed by atoms with Gasteiger partial charge in [0, 0.05) is 30.3 Å². The van der Waals surface area contributed by atoms with E-state index in [0.717, 1.165) is 33.4 Å². The van der Waals surface area contributed by atoms with Crippen LogP contribution in [-0.4, -0.2) is 49.2 Å². The minimum Gasteiger partial charge on any atom is -0.461 e. The van der Waals surface area contributed by atoms with E-state index in [-0.39, 0.29) is 26.2 Å². The van der Waals surface area contributed by atoms with Gasteiger partial charge in [-0.25, -0.2) is 15.4 Å². The number of nitrogens with one attached hydrogen (secondary N) is 3. The standard InChI is InChI=1S/C35H44N6O5S/c1-2-3-4-5-6-13-18-47-35-36-21-29(38-35)19-30-22-41(26-37-30)23-32(42)40-39-31(34(44)46-25-28-16-11-8-12-17-28)20-33(43)45-24-27-14-9-7-10-15-27/h7-12,14-17,21-22,26,31,39H,2-6,13,18-20,23-25H2,1H3,(H,36,38)(H,40,42)/t31-/m0/s1. The Hall–Kier alpha value is -4.42. The van der Waals surface area contributed by atoms with E-state index in [4.69, 9.17) is 9.47 Å². The third-order valence-corrected chi connectivity index (χ3v) is 8.21. The summed E-state index contributed by atoms with van der Waals surface area (Å²) < 4.78 is 12.4. The van der Waals surface area contributed by atoms with Crippen LogP contribution in [0.4, 0.5) is 0 Å². The Morgan fingerprint density at radius 3 is 2.30 bits per heavy atom. The van der Waals surface area contributed by atoms with Crippen LogP contribution < -0.4 is 10.9 Å². The first-order valence-electron chi connectivity index (χ1n) is 16.1. The van der Waals surface area contributed by atoms with Crippen LogP contribution in [0.1, 0.15) is 74.4 Å². The molecule has 0 unspecified atom stereocenters. The molecule has 47 heavy (non-hydrogen) atoms. The van der Waals surface area contributed by atoms with E-state index >= 15 is 0 Å². The number of aromatic nitrogens is 4. The quantitative estimate of drug-likeness (QED) is 0.0456. The number of nitrogens with zero attached hydrogens (tertiary/aromatic N) is 3. The molecule has 2 heterocycles. The molecule has 0 aliphatic rings. The van der Waals surface area contributed by atoms with Crippen molar-refractivity contribution in [2.45, 2.75) is 89.2 Å². The van der Waals surface area contributed by atoms with Crippen molar-refractivity contribution in [2.24, 2.45) is 0 Å². The molecule has 0 aliphatic heterocycles. The molecule has 11 nitrogen and oxygen atoms in total. The summed E-state index contributed by atoms with van der Waals surface area (Å²) in [5.41, 5.74) is 8.53. The Bertz CT molecular complexity index is 1510. The van der Waals surface area contributed by atoms with Crippen LogP contribution in [0.5, 0.6) is 0 Å². The van der Waals surface area contributed by atoms with Gasteiger partial charge >= 0.3 is 11.9 Å². The number of carbonyl (C=O) groups excluding carboxylic acids is 3. The number of ether oxygens (including phenoxy) is 2. The molecule has 0 fully saturated rings. The second-order valence-electron chi connectivity index (χ2n) is 11.2. The maximum Gasteiger partial charge on any atom is 0.325 e. The van der Waals surface area contributed by atoms with Gasteiger partial charge in [-0.05, 0) is 17.5 Å². The number of esters is 2. The smallest absolute Gasteiger partial charge is 0.325 e. The predicted octanol–water partition coefficient (Wildman–Crippen LogP) is 5.52. The lowest BCUT2D eigenvalue weighted by Gasteiger charge is -2.18. The third kappa shape index (κ3) is 13.5. The SMILES string of the molecule is CCCCCCCCSc1ncc(Cc2cn(CC(=O)NN[C@@H](CC(=O)OCc3ccccc3)C(=O)OCc3ccccc3)cn2)[nH]1. The van der Waals surface area contributed by atoms with Gasteiger partial charge in [0.1, 0.15) is 25.8 Å². The lowest BCUT2D eigenvalue weighted by atomic mass is 10.1. The molecule has 2 aromatic carbocycles. The highest BCUT2D eigenvalue weighted by Crippen LogP contribution is 2.18. The second-order valence-corrected chi connectivity index (χ2v) is 12.3. The summed E-state index contributed by atoms with van der Waals surface area (Å²) in [5.74, 6) is -0.696. The second kappa shape index (κ2) is 20.0. The average Bonchev–Trinajstić information content (AvgIpc) is 3.74. The van der Waals surface area contributed by atoms with Crippen LogP contribution in [0.2, 0.25) is 0 Å². The zero-order valence-corrected chi connectivity index (χ0v) is 27.7. The number of hydrazine groups is 1. The largest absolute Gasteiger partial charge is 0.461 e. The molecule has 0 spiro atoms. The zero-order chi connectivity index (χ0) is 33.1. The molecule has 4 aromatic rings. The molecular formula is C35H44N6O5S. The zero-order valence-electron chi connectivity index (χ0n) is 26.9. The van der Waals surface area contributed by atoms with E-state index in [1.165, 1.54) is 38.5 Å². The molecular weight excluding hydrogens is 616 g/mol. The number of amides is 1. The fourth-order valence-electron chi connectivity index (χ4n) is 4.69. The number of hydrogen-bond acceptors (Lipinski definition) is 9. The number of imidazole rings is 2. The summed E-state index contributed by atoms with van der Waals surface area (Å²) in [6, 6.07) is 17.3. The van der Waals surface area contributed by atoms with Gasteiger partial charge in [0.05, 0.1) is 18.4 Å². The van der Waals surface area contributed by atoms with Crippen molar-refractivity contribution in [1.29, 1.82) is 0 Å². The molecule has 0 aliphatic carbocycles. The highest BCUT2D eigenvalue weighted by molar-refractivity contribution is 7.99. The Morgan fingerprint density at radius 1 is 0.894 bits per heavy atom. The molecule has 1 amide bonds. The van der Waals surface area contributed by atoms with E-state index in [1.54, 1.807) is 28.9 Å². The first-order chi connectivity index (χ1) is 23.0. The van der Waals surface area contributed by atoms with Gasteiger partial charge in [0.2, 0.25) is 0 Å². The lowest BCUT2D eigenvalue weighted by molar-refractivity contribution is -0.154. The van der Waals surface area contributed by atoms with Crippen molar-refractivity contribution >= 4 is 29.6 Å². The fourth-order valence-corrected chi connectivity index (χ4v) is 5.56. The number of carbonyl (C=O) groups is 3. The molecule has 0 bridgehead atoms. The topological polar surface area (TPSA) is 140 Å². The van der Waals surface area contributed by atoms with Crippen molar-refractivity contribution in [1.82, 2.24) is 30.4 Å². The fraction of sp³-hybridized carbons (Fsp3) is 0.400. The monoisotopic (exact) mass is 660 g/mol. The highest BCUT2D eigenvalue weighted by atomic mass is 32.2. The normalized spacial score (nSPS) is 11.6. The molecule has 4 rings (SSSR count). The van der Waals surface area contributed by atoms with Crippen LogP contribution in [0, 0.1) is 0 Å². The Kier molecular flexibility index (Phi) is 15.0. The summed E-state index contributed by atoms with van der Waals surface area (Å²) in [6.07, 6.45) is 13.0. The van der Waals surface area contributed by atoms with Crippen molar-refractivity contribution in [3.05, 3.63) is 102 Å². The molecule has 3 N–H and O–H groups in total. The van der Waals surface area contributed by atoms with Crippen molar-refractivity contribution < 1.29 is 23.9 Å². The average molecular weight is 661 g/mol. The van der Waals surface area contributed by atoms with Crippen molar-refractivity contribution in [2.75, 3.05) is 5.75 Å². The Balaban J connectivity index is 1.23. The maximum atomic E-state index is 12.9. The molecule has 2 aromatic heterocycles. The molecule has 0 radical (unpaired) electrons. The van der Waals surface area contributed by atoms with E-state index < -0.39 is 23.9 Å². The number of unbranched alkanes of at least 4 members (excludes halogenated alkanes) is 5. The first kappa shape index (κ1) is 35.4. The summed E-state index contributed by atoms with van der Waals surface area (Å²) >= 11 is 1.73. The first-order valence-corrected chi connectivity index (χ1v) is 17.1. The number of rotatable bonds is 21.